The van der Waals surface area contributed by atoms with E-state index >= 15 is 0 Å². The van der Waals surface area contributed by atoms with Gasteiger partial charge in [0.1, 0.15) is 0 Å². The Kier molecular flexibility index (Phi) is 5.78. The topological polar surface area (TPSA) is 44.6 Å². The Morgan fingerprint density at radius 2 is 1.86 bits per heavy atom. The van der Waals surface area contributed by atoms with Crippen molar-refractivity contribution in [1.82, 2.24) is 24.5 Å². The van der Waals surface area contributed by atoms with Crippen molar-refractivity contribution < 1.29 is 4.79 Å². The molecule has 2 fully saturated rings. The van der Waals surface area contributed by atoms with Gasteiger partial charge in [0.2, 0.25) is 0 Å². The zero-order valence-electron chi connectivity index (χ0n) is 17.0. The minimum absolute atomic E-state index is 0.141. The average molecular weight is 382 g/mol. The molecule has 4 rings (SSSR count). The van der Waals surface area contributed by atoms with Crippen molar-refractivity contribution in [3.05, 3.63) is 47.8 Å². The number of likely N-dealkylation sites (tertiary alicyclic amines) is 1. The monoisotopic (exact) mass is 381 g/mol. The van der Waals surface area contributed by atoms with Crippen LogP contribution in [-0.2, 0) is 0 Å². The summed E-state index contributed by atoms with van der Waals surface area (Å²) in [7, 11) is 0. The molecule has 2 aliphatic heterocycles. The van der Waals surface area contributed by atoms with Crippen molar-refractivity contribution in [2.24, 2.45) is 0 Å². The third-order valence-corrected chi connectivity index (χ3v) is 6.33. The van der Waals surface area contributed by atoms with Crippen LogP contribution in [-0.4, -0.2) is 82.2 Å². The Morgan fingerprint density at radius 1 is 1.11 bits per heavy atom. The molecule has 1 aromatic carbocycles. The van der Waals surface area contributed by atoms with E-state index in [1.54, 1.807) is 6.20 Å². The molecule has 6 heteroatoms. The third-order valence-electron chi connectivity index (χ3n) is 6.33. The summed E-state index contributed by atoms with van der Waals surface area (Å²) in [5, 5.41) is 4.32. The van der Waals surface area contributed by atoms with Gasteiger partial charge in [-0.05, 0) is 50.1 Å². The van der Waals surface area contributed by atoms with Gasteiger partial charge in [0.05, 0.1) is 5.69 Å². The molecule has 2 aromatic rings. The van der Waals surface area contributed by atoms with Crippen LogP contribution in [0.2, 0.25) is 0 Å². The molecule has 3 heterocycles. The predicted octanol–water partition coefficient (Wildman–Crippen LogP) is 2.42. The molecule has 0 atom stereocenters. The number of amides is 1. The molecule has 2 saturated heterocycles. The molecule has 0 radical (unpaired) electrons. The van der Waals surface area contributed by atoms with Gasteiger partial charge in [-0.25, -0.2) is 4.68 Å². The van der Waals surface area contributed by atoms with Crippen LogP contribution in [0.1, 0.15) is 35.7 Å². The van der Waals surface area contributed by atoms with Crippen molar-refractivity contribution in [3.8, 4) is 5.69 Å². The molecule has 0 unspecified atom stereocenters. The van der Waals surface area contributed by atoms with Crippen LogP contribution in [0.25, 0.3) is 5.69 Å². The Morgan fingerprint density at radius 3 is 2.50 bits per heavy atom. The summed E-state index contributed by atoms with van der Waals surface area (Å²) in [4.78, 5) is 20.2. The van der Waals surface area contributed by atoms with Gasteiger partial charge in [-0.1, -0.05) is 13.0 Å². The summed E-state index contributed by atoms with van der Waals surface area (Å²) in [6.07, 6.45) is 5.84. The Bertz CT molecular complexity index is 787. The fourth-order valence-corrected chi connectivity index (χ4v) is 4.46. The highest BCUT2D eigenvalue weighted by molar-refractivity contribution is 5.95. The lowest BCUT2D eigenvalue weighted by atomic mass is 10.0. The molecular formula is C22H31N5O. The predicted molar refractivity (Wildman–Crippen MR) is 111 cm³/mol. The summed E-state index contributed by atoms with van der Waals surface area (Å²) in [6, 6.07) is 8.46. The van der Waals surface area contributed by atoms with Gasteiger partial charge in [0.15, 0.2) is 0 Å². The number of nitrogens with zero attached hydrogens (tertiary/aromatic N) is 5. The molecular weight excluding hydrogens is 350 g/mol. The largest absolute Gasteiger partial charge is 0.339 e. The highest BCUT2D eigenvalue weighted by Crippen LogP contribution is 2.22. The first-order chi connectivity index (χ1) is 13.7. The molecule has 0 saturated carbocycles. The highest BCUT2D eigenvalue weighted by atomic mass is 16.2. The van der Waals surface area contributed by atoms with Gasteiger partial charge in [-0.15, -0.1) is 0 Å². The van der Waals surface area contributed by atoms with E-state index in [1.165, 1.54) is 13.1 Å². The molecule has 0 spiro atoms. The van der Waals surface area contributed by atoms with Crippen LogP contribution in [0.15, 0.2) is 36.7 Å². The number of piperidine rings is 1. The van der Waals surface area contributed by atoms with E-state index in [-0.39, 0.29) is 5.91 Å². The van der Waals surface area contributed by atoms with E-state index in [9.17, 15) is 4.79 Å². The second-order valence-electron chi connectivity index (χ2n) is 7.95. The number of rotatable bonds is 4. The molecule has 6 nitrogen and oxygen atoms in total. The van der Waals surface area contributed by atoms with E-state index in [0.29, 0.717) is 6.04 Å². The molecule has 1 amide bonds. The molecule has 1 aromatic heterocycles. The Labute approximate surface area is 167 Å². The normalized spacial score (nSPS) is 19.9. The number of hydrogen-bond acceptors (Lipinski definition) is 4. The number of piperazine rings is 1. The van der Waals surface area contributed by atoms with Crippen LogP contribution in [0.4, 0.5) is 0 Å². The van der Waals surface area contributed by atoms with Gasteiger partial charge in [0, 0.05) is 63.3 Å². The second-order valence-corrected chi connectivity index (χ2v) is 7.95. The van der Waals surface area contributed by atoms with E-state index < -0.39 is 0 Å². The number of likely N-dealkylation sites (N-methyl/N-ethyl adjacent to an activating group) is 1. The first-order valence-electron chi connectivity index (χ1n) is 10.5. The SMILES string of the molecule is CCN1CCN(C2CCN(C(=O)c3ccc(C)c(-n4cccn4)c3)CC2)CC1. The van der Waals surface area contributed by atoms with Crippen LogP contribution in [0.3, 0.4) is 0 Å². The number of carbonyl (C=O) groups is 1. The summed E-state index contributed by atoms with van der Waals surface area (Å²) >= 11 is 0. The molecule has 0 aliphatic carbocycles. The van der Waals surface area contributed by atoms with Crippen LogP contribution < -0.4 is 0 Å². The van der Waals surface area contributed by atoms with Crippen LogP contribution >= 0.6 is 0 Å². The van der Waals surface area contributed by atoms with Crippen LogP contribution in [0, 0.1) is 6.92 Å². The molecule has 2 aliphatic rings. The fraction of sp³-hybridized carbons (Fsp3) is 0.545. The highest BCUT2D eigenvalue weighted by Gasteiger charge is 2.29. The Hall–Kier alpha value is -2.18. The average Bonchev–Trinajstić information content (AvgIpc) is 3.28. The molecule has 0 N–H and O–H groups in total. The van der Waals surface area contributed by atoms with Gasteiger partial charge < -0.3 is 9.80 Å². The van der Waals surface area contributed by atoms with Crippen molar-refractivity contribution in [1.29, 1.82) is 0 Å². The summed E-state index contributed by atoms with van der Waals surface area (Å²) < 4.78 is 1.83. The van der Waals surface area contributed by atoms with Crippen molar-refractivity contribution in [3.63, 3.8) is 0 Å². The number of aromatic nitrogens is 2. The standard InChI is InChI=1S/C22H31N5O/c1-3-24-13-15-25(16-14-24)20-7-11-26(12-8-20)22(28)19-6-5-18(2)21(17-19)27-10-4-9-23-27/h4-6,9-10,17,20H,3,7-8,11-16H2,1-2H3. The van der Waals surface area contributed by atoms with Crippen molar-refractivity contribution >= 4 is 5.91 Å². The van der Waals surface area contributed by atoms with Crippen molar-refractivity contribution in [2.45, 2.75) is 32.7 Å². The minimum Gasteiger partial charge on any atom is -0.339 e. The minimum atomic E-state index is 0.141. The van der Waals surface area contributed by atoms with E-state index in [4.69, 9.17) is 0 Å². The lowest BCUT2D eigenvalue weighted by molar-refractivity contribution is 0.0490. The Balaban J connectivity index is 1.37. The van der Waals surface area contributed by atoms with Gasteiger partial charge in [-0.2, -0.15) is 5.10 Å². The van der Waals surface area contributed by atoms with Gasteiger partial charge in [-0.3, -0.25) is 9.69 Å². The fourth-order valence-electron chi connectivity index (χ4n) is 4.46. The molecule has 150 valence electrons. The van der Waals surface area contributed by atoms with E-state index in [0.717, 1.165) is 62.4 Å². The lowest BCUT2D eigenvalue weighted by Gasteiger charge is -2.42. The maximum atomic E-state index is 13.1. The zero-order valence-corrected chi connectivity index (χ0v) is 17.0. The second kappa shape index (κ2) is 8.45. The lowest BCUT2D eigenvalue weighted by Crippen LogP contribution is -2.53. The zero-order chi connectivity index (χ0) is 19.5. The van der Waals surface area contributed by atoms with E-state index in [2.05, 4.69) is 28.7 Å². The van der Waals surface area contributed by atoms with Gasteiger partial charge in [0.25, 0.3) is 5.91 Å². The molecule has 28 heavy (non-hydrogen) atoms. The number of hydrogen-bond donors (Lipinski definition) is 0. The smallest absolute Gasteiger partial charge is 0.253 e. The first kappa shape index (κ1) is 19.2. The van der Waals surface area contributed by atoms with Gasteiger partial charge >= 0.3 is 0 Å². The quantitative estimate of drug-likeness (QED) is 0.816. The summed E-state index contributed by atoms with van der Waals surface area (Å²) in [5.41, 5.74) is 2.84. The van der Waals surface area contributed by atoms with Crippen molar-refractivity contribution in [2.75, 3.05) is 45.8 Å². The summed E-state index contributed by atoms with van der Waals surface area (Å²) in [5.74, 6) is 0.141. The number of carbonyl (C=O) groups excluding carboxylic acids is 1. The number of benzene rings is 1. The van der Waals surface area contributed by atoms with Crippen LogP contribution in [0.5, 0.6) is 0 Å². The third kappa shape index (κ3) is 3.98. The van der Waals surface area contributed by atoms with E-state index in [1.807, 2.05) is 40.0 Å². The molecule has 0 bridgehead atoms. The first-order valence-corrected chi connectivity index (χ1v) is 10.5. The maximum Gasteiger partial charge on any atom is 0.253 e. The number of aryl methyl sites for hydroxylation is 1. The summed E-state index contributed by atoms with van der Waals surface area (Å²) in [6.45, 7) is 11.8. The maximum absolute atomic E-state index is 13.1.